The Balaban J connectivity index is 1.46. The van der Waals surface area contributed by atoms with E-state index in [0.717, 1.165) is 43.2 Å². The zero-order valence-electron chi connectivity index (χ0n) is 16.8. The van der Waals surface area contributed by atoms with Crippen molar-refractivity contribution in [2.75, 3.05) is 19.6 Å². The molecule has 0 bridgehead atoms. The van der Waals surface area contributed by atoms with Gasteiger partial charge in [0.2, 0.25) is 11.8 Å². The van der Waals surface area contributed by atoms with E-state index in [1.807, 2.05) is 20.2 Å². The van der Waals surface area contributed by atoms with E-state index in [1.54, 1.807) is 6.92 Å². The number of likely N-dealkylation sites (tertiary alicyclic amines) is 1. The molecule has 2 fully saturated rings. The quantitative estimate of drug-likeness (QED) is 0.684. The Bertz CT molecular complexity index is 667. The van der Waals surface area contributed by atoms with Gasteiger partial charge in [-0.05, 0) is 45.4 Å². The first kappa shape index (κ1) is 19.9. The SMILES string of the molecule is CC(=O)NC[C@H]1CC[C@@H](CC(=O)NCCn2cnc(C)c2C)N1CC1CC1. The van der Waals surface area contributed by atoms with Crippen LogP contribution in [0.25, 0.3) is 0 Å². The summed E-state index contributed by atoms with van der Waals surface area (Å²) in [4.78, 5) is 30.5. The van der Waals surface area contributed by atoms with Gasteiger partial charge in [-0.3, -0.25) is 14.5 Å². The number of hydrogen-bond donors (Lipinski definition) is 2. The normalized spacial score (nSPS) is 22.8. The standard InChI is InChI=1S/C20H33N5O2/c1-14-15(2)24(13-23-14)9-8-21-20(27)10-18-6-7-19(11-22-16(3)26)25(18)12-17-4-5-17/h13,17-19H,4-12H2,1-3H3,(H,21,27)(H,22,26)/t18-,19+/m0/s1. The van der Waals surface area contributed by atoms with Crippen molar-refractivity contribution in [3.8, 4) is 0 Å². The molecule has 2 heterocycles. The first-order valence-corrected chi connectivity index (χ1v) is 10.2. The molecule has 1 saturated heterocycles. The number of hydrogen-bond acceptors (Lipinski definition) is 4. The molecule has 0 spiro atoms. The number of nitrogens with zero attached hydrogens (tertiary/aromatic N) is 3. The van der Waals surface area contributed by atoms with Crippen molar-refractivity contribution < 1.29 is 9.59 Å². The van der Waals surface area contributed by atoms with Crippen LogP contribution in [-0.4, -0.2) is 58.0 Å². The van der Waals surface area contributed by atoms with E-state index in [4.69, 9.17) is 0 Å². The van der Waals surface area contributed by atoms with Crippen molar-refractivity contribution in [2.45, 2.75) is 71.5 Å². The van der Waals surface area contributed by atoms with Crippen molar-refractivity contribution in [3.63, 3.8) is 0 Å². The van der Waals surface area contributed by atoms with Crippen LogP contribution in [0.2, 0.25) is 0 Å². The van der Waals surface area contributed by atoms with Gasteiger partial charge in [0.05, 0.1) is 12.0 Å². The first-order chi connectivity index (χ1) is 12.9. The van der Waals surface area contributed by atoms with Crippen LogP contribution in [0.4, 0.5) is 0 Å². The molecule has 0 aromatic carbocycles. The van der Waals surface area contributed by atoms with E-state index in [2.05, 4.69) is 25.1 Å². The highest BCUT2D eigenvalue weighted by atomic mass is 16.2. The van der Waals surface area contributed by atoms with Crippen molar-refractivity contribution in [2.24, 2.45) is 5.92 Å². The van der Waals surface area contributed by atoms with Gasteiger partial charge >= 0.3 is 0 Å². The van der Waals surface area contributed by atoms with Crippen LogP contribution >= 0.6 is 0 Å². The van der Waals surface area contributed by atoms with Crippen LogP contribution in [0.1, 0.15) is 50.4 Å². The Morgan fingerprint density at radius 3 is 2.52 bits per heavy atom. The summed E-state index contributed by atoms with van der Waals surface area (Å²) in [6.07, 6.45) is 7.06. The van der Waals surface area contributed by atoms with Crippen molar-refractivity contribution in [1.82, 2.24) is 25.1 Å². The van der Waals surface area contributed by atoms with Gasteiger partial charge in [-0.25, -0.2) is 4.98 Å². The Kier molecular flexibility index (Phi) is 6.52. The van der Waals surface area contributed by atoms with E-state index in [0.29, 0.717) is 31.6 Å². The lowest BCUT2D eigenvalue weighted by atomic mass is 10.1. The summed E-state index contributed by atoms with van der Waals surface area (Å²) in [6, 6.07) is 0.658. The summed E-state index contributed by atoms with van der Waals surface area (Å²) in [5.41, 5.74) is 2.18. The monoisotopic (exact) mass is 375 g/mol. The van der Waals surface area contributed by atoms with Crippen molar-refractivity contribution in [3.05, 3.63) is 17.7 Å². The van der Waals surface area contributed by atoms with Gasteiger partial charge in [0, 0.05) is 57.3 Å². The molecule has 7 heteroatoms. The Morgan fingerprint density at radius 1 is 1.15 bits per heavy atom. The molecular weight excluding hydrogens is 342 g/mol. The largest absolute Gasteiger partial charge is 0.355 e. The molecule has 27 heavy (non-hydrogen) atoms. The molecule has 7 nitrogen and oxygen atoms in total. The molecule has 0 radical (unpaired) electrons. The van der Waals surface area contributed by atoms with Crippen LogP contribution < -0.4 is 10.6 Å². The summed E-state index contributed by atoms with van der Waals surface area (Å²) < 4.78 is 2.08. The number of imidazole rings is 1. The molecule has 1 aromatic rings. The third kappa shape index (κ3) is 5.54. The molecule has 2 amide bonds. The van der Waals surface area contributed by atoms with Crippen LogP contribution in [-0.2, 0) is 16.1 Å². The third-order valence-corrected chi connectivity index (χ3v) is 5.96. The summed E-state index contributed by atoms with van der Waals surface area (Å²) in [7, 11) is 0. The van der Waals surface area contributed by atoms with Gasteiger partial charge in [-0.1, -0.05) is 0 Å². The Hall–Kier alpha value is -1.89. The lowest BCUT2D eigenvalue weighted by Gasteiger charge is -2.30. The second-order valence-corrected chi connectivity index (χ2v) is 8.13. The number of carbonyl (C=O) groups is 2. The molecule has 1 saturated carbocycles. The summed E-state index contributed by atoms with van der Waals surface area (Å²) in [6.45, 7) is 8.74. The smallest absolute Gasteiger partial charge is 0.221 e. The molecule has 2 atom stereocenters. The molecule has 2 N–H and O–H groups in total. The number of amides is 2. The van der Waals surface area contributed by atoms with Crippen molar-refractivity contribution >= 4 is 11.8 Å². The van der Waals surface area contributed by atoms with Crippen LogP contribution in [0.5, 0.6) is 0 Å². The Labute approximate surface area is 161 Å². The second kappa shape index (κ2) is 8.87. The van der Waals surface area contributed by atoms with Gasteiger partial charge < -0.3 is 15.2 Å². The topological polar surface area (TPSA) is 79.3 Å². The lowest BCUT2D eigenvalue weighted by molar-refractivity contribution is -0.122. The average molecular weight is 376 g/mol. The average Bonchev–Trinajstić information content (AvgIpc) is 3.29. The van der Waals surface area contributed by atoms with Crippen molar-refractivity contribution in [1.29, 1.82) is 0 Å². The van der Waals surface area contributed by atoms with E-state index in [-0.39, 0.29) is 11.8 Å². The highest BCUT2D eigenvalue weighted by molar-refractivity contribution is 5.76. The minimum absolute atomic E-state index is 0.0209. The maximum absolute atomic E-state index is 12.5. The molecular formula is C20H33N5O2. The lowest BCUT2D eigenvalue weighted by Crippen LogP contribution is -2.45. The minimum Gasteiger partial charge on any atom is -0.355 e. The van der Waals surface area contributed by atoms with Gasteiger partial charge in [0.15, 0.2) is 0 Å². The molecule has 1 aliphatic heterocycles. The number of nitrogens with one attached hydrogen (secondary N) is 2. The summed E-state index contributed by atoms with van der Waals surface area (Å²) in [5, 5.41) is 6.02. The van der Waals surface area contributed by atoms with Crippen LogP contribution in [0.3, 0.4) is 0 Å². The molecule has 3 rings (SSSR count). The maximum atomic E-state index is 12.5. The first-order valence-electron chi connectivity index (χ1n) is 10.2. The van der Waals surface area contributed by atoms with Crippen LogP contribution in [0.15, 0.2) is 6.33 Å². The highest BCUT2D eigenvalue weighted by Gasteiger charge is 2.37. The number of aromatic nitrogens is 2. The zero-order valence-corrected chi connectivity index (χ0v) is 16.8. The molecule has 0 unspecified atom stereocenters. The van der Waals surface area contributed by atoms with E-state index >= 15 is 0 Å². The fourth-order valence-corrected chi connectivity index (χ4v) is 3.98. The maximum Gasteiger partial charge on any atom is 0.221 e. The van der Waals surface area contributed by atoms with Gasteiger partial charge in [0.25, 0.3) is 0 Å². The number of carbonyl (C=O) groups excluding carboxylic acids is 2. The third-order valence-electron chi connectivity index (χ3n) is 5.96. The fourth-order valence-electron chi connectivity index (χ4n) is 3.98. The van der Waals surface area contributed by atoms with E-state index < -0.39 is 0 Å². The second-order valence-electron chi connectivity index (χ2n) is 8.13. The summed E-state index contributed by atoms with van der Waals surface area (Å²) >= 11 is 0. The molecule has 150 valence electrons. The molecule has 1 aromatic heterocycles. The highest BCUT2D eigenvalue weighted by Crippen LogP contribution is 2.35. The van der Waals surface area contributed by atoms with Gasteiger partial charge in [-0.2, -0.15) is 0 Å². The van der Waals surface area contributed by atoms with Gasteiger partial charge in [-0.15, -0.1) is 0 Å². The number of aryl methyl sites for hydroxylation is 1. The predicted octanol–water partition coefficient (Wildman–Crippen LogP) is 1.39. The predicted molar refractivity (Wildman–Crippen MR) is 104 cm³/mol. The van der Waals surface area contributed by atoms with Gasteiger partial charge in [0.1, 0.15) is 0 Å². The zero-order chi connectivity index (χ0) is 19.4. The number of rotatable bonds is 9. The molecule has 2 aliphatic rings. The van der Waals surface area contributed by atoms with Crippen LogP contribution in [0, 0.1) is 19.8 Å². The summed E-state index contributed by atoms with van der Waals surface area (Å²) in [5.74, 6) is 0.920. The van der Waals surface area contributed by atoms with E-state index in [9.17, 15) is 9.59 Å². The Morgan fingerprint density at radius 2 is 1.89 bits per heavy atom. The fraction of sp³-hybridized carbons (Fsp3) is 0.750. The minimum atomic E-state index is 0.0209. The molecule has 1 aliphatic carbocycles. The van der Waals surface area contributed by atoms with E-state index in [1.165, 1.54) is 12.8 Å².